The van der Waals surface area contributed by atoms with Crippen LogP contribution in [0.3, 0.4) is 0 Å². The molecular weight excluding hydrogens is 230 g/mol. The molecule has 3 N–H and O–H groups in total. The SMILES string of the molecule is CC.CC(=O)Nc1ncnc2[nH][nH]c12.CCCC. The Kier molecular flexibility index (Phi) is 8.26. The van der Waals surface area contributed by atoms with Gasteiger partial charge < -0.3 is 5.32 Å². The van der Waals surface area contributed by atoms with E-state index < -0.39 is 0 Å². The molecule has 2 rings (SSSR count). The molecule has 0 unspecified atom stereocenters. The number of hydrogen-bond acceptors (Lipinski definition) is 3. The van der Waals surface area contributed by atoms with Gasteiger partial charge in [-0.25, -0.2) is 9.97 Å². The zero-order valence-electron chi connectivity index (χ0n) is 11.8. The van der Waals surface area contributed by atoms with Crippen LogP contribution in [0, 0.1) is 0 Å². The van der Waals surface area contributed by atoms with Crippen LogP contribution in [0.1, 0.15) is 47.5 Å². The summed E-state index contributed by atoms with van der Waals surface area (Å²) in [4.78, 5) is 18.5. The van der Waals surface area contributed by atoms with Crippen LogP contribution in [-0.2, 0) is 4.79 Å². The van der Waals surface area contributed by atoms with Crippen LogP contribution in [0.25, 0.3) is 11.2 Å². The van der Waals surface area contributed by atoms with Crippen molar-refractivity contribution in [3.63, 3.8) is 0 Å². The maximum absolute atomic E-state index is 10.7. The van der Waals surface area contributed by atoms with Crippen LogP contribution in [0.2, 0.25) is 0 Å². The van der Waals surface area contributed by atoms with E-state index in [0.717, 1.165) is 5.52 Å². The van der Waals surface area contributed by atoms with E-state index in [2.05, 4.69) is 39.3 Å². The molecule has 0 saturated heterocycles. The van der Waals surface area contributed by atoms with E-state index in [0.29, 0.717) is 11.5 Å². The van der Waals surface area contributed by atoms with Gasteiger partial charge in [-0.3, -0.25) is 15.0 Å². The Labute approximate surface area is 108 Å². The molecule has 0 fully saturated rings. The summed E-state index contributed by atoms with van der Waals surface area (Å²) in [6, 6.07) is 0. The molecule has 0 aliphatic carbocycles. The van der Waals surface area contributed by atoms with Crippen molar-refractivity contribution >= 4 is 22.9 Å². The number of rotatable bonds is 2. The molecule has 2 heterocycles. The zero-order chi connectivity index (χ0) is 14.0. The molecule has 0 radical (unpaired) electrons. The summed E-state index contributed by atoms with van der Waals surface area (Å²) in [5.41, 5.74) is 1.43. The lowest BCUT2D eigenvalue weighted by atomic mass is 10.4. The van der Waals surface area contributed by atoms with E-state index in [-0.39, 0.29) is 5.91 Å². The fourth-order valence-electron chi connectivity index (χ4n) is 0.919. The molecule has 18 heavy (non-hydrogen) atoms. The molecule has 0 bridgehead atoms. The van der Waals surface area contributed by atoms with Crippen molar-refractivity contribution in [3.8, 4) is 0 Å². The highest BCUT2D eigenvalue weighted by atomic mass is 16.1. The third-order valence-electron chi connectivity index (χ3n) is 1.95. The Morgan fingerprint density at radius 1 is 1.22 bits per heavy atom. The Balaban J connectivity index is 0.000000415. The number of aromatic amines is 2. The average molecular weight is 253 g/mol. The summed E-state index contributed by atoms with van der Waals surface area (Å²) in [6.07, 6.45) is 4.03. The lowest BCUT2D eigenvalue weighted by Gasteiger charge is -2.06. The largest absolute Gasteiger partial charge is 0.309 e. The lowest BCUT2D eigenvalue weighted by Crippen LogP contribution is -2.10. The number of carbonyl (C=O) groups excluding carboxylic acids is 1. The molecule has 102 valence electrons. The first-order valence-electron chi connectivity index (χ1n) is 6.33. The second-order valence-electron chi connectivity index (χ2n) is 3.38. The molecule has 0 atom stereocenters. The summed E-state index contributed by atoms with van der Waals surface area (Å²) in [6.45, 7) is 9.79. The van der Waals surface area contributed by atoms with Crippen LogP contribution in [0.5, 0.6) is 0 Å². The third kappa shape index (κ3) is 4.99. The van der Waals surface area contributed by atoms with Crippen LogP contribution in [-0.4, -0.2) is 26.1 Å². The third-order valence-corrected chi connectivity index (χ3v) is 1.95. The number of aromatic nitrogens is 4. The number of nitrogens with zero attached hydrogens (tertiary/aromatic N) is 2. The van der Waals surface area contributed by atoms with Gasteiger partial charge in [0.2, 0.25) is 5.91 Å². The predicted molar refractivity (Wildman–Crippen MR) is 74.5 cm³/mol. The standard InChI is InChI=1S/C6H7N5O.C4H10.C2H6/c1-3(12)9-5-4-6(11-10-4)8-2-7-5;1-3-4-2;1-2/h2,10H,1H3,(H2,7,8,9,11,12);3-4H2,1-2H3;1-2H3. The van der Waals surface area contributed by atoms with Crippen LogP contribution in [0.15, 0.2) is 6.33 Å². The van der Waals surface area contributed by atoms with Crippen molar-refractivity contribution in [1.29, 1.82) is 0 Å². The first-order chi connectivity index (χ1) is 8.69. The van der Waals surface area contributed by atoms with E-state index in [9.17, 15) is 4.79 Å². The zero-order valence-corrected chi connectivity index (χ0v) is 11.8. The summed E-state index contributed by atoms with van der Waals surface area (Å²) in [5.74, 6) is 0.357. The van der Waals surface area contributed by atoms with Crippen molar-refractivity contribution in [2.45, 2.75) is 47.5 Å². The van der Waals surface area contributed by atoms with Crippen molar-refractivity contribution in [2.75, 3.05) is 5.32 Å². The summed E-state index contributed by atoms with van der Waals surface area (Å²) < 4.78 is 0. The average Bonchev–Trinajstić information content (AvgIpc) is 2.34. The highest BCUT2D eigenvalue weighted by molar-refractivity contribution is 5.95. The minimum absolute atomic E-state index is 0.149. The number of hydrogen-bond donors (Lipinski definition) is 3. The minimum Gasteiger partial charge on any atom is -0.309 e. The van der Waals surface area contributed by atoms with Crippen molar-refractivity contribution < 1.29 is 4.79 Å². The smallest absolute Gasteiger partial charge is 0.222 e. The Hall–Kier alpha value is -1.85. The Bertz CT molecular complexity index is 444. The maximum atomic E-state index is 10.7. The van der Waals surface area contributed by atoms with E-state index in [1.165, 1.54) is 26.1 Å². The Morgan fingerprint density at radius 3 is 2.22 bits per heavy atom. The first-order valence-corrected chi connectivity index (χ1v) is 6.33. The molecule has 1 amide bonds. The van der Waals surface area contributed by atoms with Crippen LogP contribution >= 0.6 is 0 Å². The lowest BCUT2D eigenvalue weighted by molar-refractivity contribution is -0.114. The van der Waals surface area contributed by atoms with Gasteiger partial charge in [0.25, 0.3) is 0 Å². The van der Waals surface area contributed by atoms with E-state index >= 15 is 0 Å². The number of nitrogens with one attached hydrogen (secondary N) is 3. The quantitative estimate of drug-likeness (QED) is 0.768. The van der Waals surface area contributed by atoms with Gasteiger partial charge in [0.15, 0.2) is 11.5 Å². The normalized spacial score (nSPS) is 8.94. The van der Waals surface area contributed by atoms with E-state index in [1.807, 2.05) is 13.8 Å². The van der Waals surface area contributed by atoms with Gasteiger partial charge in [-0.05, 0) is 0 Å². The fourth-order valence-corrected chi connectivity index (χ4v) is 0.919. The fraction of sp³-hybridized carbons (Fsp3) is 0.583. The number of fused-ring (bicyclic) bond motifs is 1. The summed E-state index contributed by atoms with van der Waals surface area (Å²) in [5, 5.41) is 8.10. The van der Waals surface area contributed by atoms with Gasteiger partial charge in [0, 0.05) is 6.92 Å². The minimum atomic E-state index is -0.149. The maximum Gasteiger partial charge on any atom is 0.222 e. The van der Waals surface area contributed by atoms with Gasteiger partial charge in [0.1, 0.15) is 11.8 Å². The second kappa shape index (κ2) is 9.21. The highest BCUT2D eigenvalue weighted by Gasteiger charge is 2.06. The number of anilines is 1. The van der Waals surface area contributed by atoms with Gasteiger partial charge in [0.05, 0.1) is 0 Å². The van der Waals surface area contributed by atoms with Gasteiger partial charge in [-0.1, -0.05) is 40.5 Å². The molecule has 2 aromatic heterocycles. The molecule has 0 aliphatic rings. The van der Waals surface area contributed by atoms with E-state index in [4.69, 9.17) is 0 Å². The molecule has 2 aromatic rings. The predicted octanol–water partition coefficient (Wildman–Crippen LogP) is 3.08. The molecule has 6 nitrogen and oxygen atoms in total. The first kappa shape index (κ1) is 16.1. The number of unbranched alkanes of at least 4 members (excludes halogenated alkanes) is 1. The summed E-state index contributed by atoms with van der Waals surface area (Å²) in [7, 11) is 0. The monoisotopic (exact) mass is 253 g/mol. The van der Waals surface area contributed by atoms with Crippen molar-refractivity contribution in [1.82, 2.24) is 20.2 Å². The number of H-pyrrole nitrogens is 2. The molecular formula is C12H23N5O. The highest BCUT2D eigenvalue weighted by Crippen LogP contribution is 2.14. The Morgan fingerprint density at radius 2 is 1.83 bits per heavy atom. The molecule has 0 spiro atoms. The van der Waals surface area contributed by atoms with Crippen LogP contribution < -0.4 is 5.32 Å². The molecule has 0 saturated carbocycles. The molecule has 6 heteroatoms. The van der Waals surface area contributed by atoms with Crippen LogP contribution in [0.4, 0.5) is 5.82 Å². The second-order valence-corrected chi connectivity index (χ2v) is 3.38. The number of carbonyl (C=O) groups is 1. The number of amides is 1. The van der Waals surface area contributed by atoms with Crippen molar-refractivity contribution in [2.24, 2.45) is 0 Å². The molecule has 0 aliphatic heterocycles. The van der Waals surface area contributed by atoms with Gasteiger partial charge in [-0.15, -0.1) is 0 Å². The topological polar surface area (TPSA) is 86.5 Å². The summed E-state index contributed by atoms with van der Waals surface area (Å²) >= 11 is 0. The van der Waals surface area contributed by atoms with E-state index in [1.54, 1.807) is 0 Å². The molecule has 0 aromatic carbocycles. The van der Waals surface area contributed by atoms with Crippen molar-refractivity contribution in [3.05, 3.63) is 6.33 Å². The van der Waals surface area contributed by atoms with Gasteiger partial charge >= 0.3 is 0 Å². The van der Waals surface area contributed by atoms with Gasteiger partial charge in [-0.2, -0.15) is 0 Å².